The molecule has 2 heterocycles. The third kappa shape index (κ3) is 2.00. The molecule has 90 valence electrons. The number of benzene rings is 1. The van der Waals surface area contributed by atoms with E-state index in [0.29, 0.717) is 17.1 Å². The smallest absolute Gasteiger partial charge is 0.269 e. The summed E-state index contributed by atoms with van der Waals surface area (Å²) in [5.74, 6) is 0.298. The third-order valence-corrected chi connectivity index (χ3v) is 2.42. The molecule has 0 saturated carbocycles. The van der Waals surface area contributed by atoms with Gasteiger partial charge in [-0.1, -0.05) is 23.4 Å². The fourth-order valence-electron chi connectivity index (χ4n) is 1.56. The second-order valence-corrected chi connectivity index (χ2v) is 3.65. The molecular weight excluding hydrogens is 237 g/mol. The highest BCUT2D eigenvalue weighted by molar-refractivity contribution is 5.43. The zero-order valence-electron chi connectivity index (χ0n) is 9.21. The number of halogens is 1. The van der Waals surface area contributed by atoms with Crippen LogP contribution in [0.2, 0.25) is 0 Å². The first kappa shape index (κ1) is 10.6. The molecule has 0 spiro atoms. The highest BCUT2D eigenvalue weighted by atomic mass is 19.1. The van der Waals surface area contributed by atoms with Crippen LogP contribution in [0.3, 0.4) is 0 Å². The van der Waals surface area contributed by atoms with Gasteiger partial charge in [0.25, 0.3) is 5.89 Å². The van der Waals surface area contributed by atoms with Crippen molar-refractivity contribution >= 4 is 0 Å². The normalized spacial score (nSPS) is 10.7. The van der Waals surface area contributed by atoms with Crippen LogP contribution in [-0.4, -0.2) is 15.4 Å². The maximum Gasteiger partial charge on any atom is 0.269 e. The zero-order valence-corrected chi connectivity index (χ0v) is 9.21. The zero-order chi connectivity index (χ0) is 12.4. The van der Waals surface area contributed by atoms with Crippen molar-refractivity contribution in [1.29, 1.82) is 0 Å². The van der Waals surface area contributed by atoms with Crippen molar-refractivity contribution in [3.8, 4) is 11.6 Å². The van der Waals surface area contributed by atoms with Crippen LogP contribution in [0.15, 0.2) is 45.5 Å². The summed E-state index contributed by atoms with van der Waals surface area (Å²) in [6, 6.07) is 8.07. The second-order valence-electron chi connectivity index (χ2n) is 3.65. The average Bonchev–Trinajstić information content (AvgIpc) is 3.02. The van der Waals surface area contributed by atoms with Gasteiger partial charge in [-0.05, 0) is 11.6 Å². The predicted molar refractivity (Wildman–Crippen MR) is 59.0 cm³/mol. The molecule has 5 nitrogen and oxygen atoms in total. The maximum atomic E-state index is 13.4. The molecule has 0 aliphatic carbocycles. The molecule has 0 bridgehead atoms. The minimum absolute atomic E-state index is 0.248. The molecule has 2 aromatic heterocycles. The van der Waals surface area contributed by atoms with Gasteiger partial charge in [0.2, 0.25) is 5.89 Å². The second kappa shape index (κ2) is 4.40. The van der Waals surface area contributed by atoms with Crippen molar-refractivity contribution < 1.29 is 13.3 Å². The fourth-order valence-corrected chi connectivity index (χ4v) is 1.56. The lowest BCUT2D eigenvalue weighted by molar-refractivity contribution is 0.417. The number of nitrogens with zero attached hydrogens (tertiary/aromatic N) is 3. The number of aromatic nitrogens is 3. The van der Waals surface area contributed by atoms with Crippen molar-refractivity contribution in [3.63, 3.8) is 0 Å². The molecule has 0 N–H and O–H groups in total. The number of hydrogen-bond donors (Lipinski definition) is 0. The minimum Gasteiger partial charge on any atom is -0.419 e. The topological polar surface area (TPSA) is 65.0 Å². The minimum atomic E-state index is -0.293. The molecule has 0 fully saturated rings. The summed E-state index contributed by atoms with van der Waals surface area (Å²) < 4.78 is 23.5. The molecule has 6 heteroatoms. The van der Waals surface area contributed by atoms with Gasteiger partial charge in [0, 0.05) is 6.07 Å². The van der Waals surface area contributed by atoms with Crippen LogP contribution in [0.5, 0.6) is 0 Å². The van der Waals surface area contributed by atoms with Crippen LogP contribution in [-0.2, 0) is 6.42 Å². The molecule has 0 atom stereocenters. The van der Waals surface area contributed by atoms with Gasteiger partial charge >= 0.3 is 0 Å². The van der Waals surface area contributed by atoms with Crippen molar-refractivity contribution in [3.05, 3.63) is 53.9 Å². The molecule has 0 aliphatic heterocycles. The first-order valence-electron chi connectivity index (χ1n) is 5.29. The van der Waals surface area contributed by atoms with Crippen molar-refractivity contribution in [1.82, 2.24) is 15.4 Å². The van der Waals surface area contributed by atoms with Gasteiger partial charge in [-0.2, -0.15) is 0 Å². The molecule has 0 radical (unpaired) electrons. The van der Waals surface area contributed by atoms with E-state index in [1.54, 1.807) is 24.3 Å². The average molecular weight is 245 g/mol. The summed E-state index contributed by atoms with van der Waals surface area (Å²) in [4.78, 5) is 0. The van der Waals surface area contributed by atoms with Crippen LogP contribution in [0, 0.1) is 5.82 Å². The Bertz CT molecular complexity index is 649. The Kier molecular flexibility index (Phi) is 2.60. The van der Waals surface area contributed by atoms with Crippen LogP contribution in [0.4, 0.5) is 4.39 Å². The van der Waals surface area contributed by atoms with Gasteiger partial charge in [0.15, 0.2) is 5.69 Å². The summed E-state index contributed by atoms with van der Waals surface area (Å²) in [6.45, 7) is 0. The largest absolute Gasteiger partial charge is 0.419 e. The van der Waals surface area contributed by atoms with Crippen LogP contribution < -0.4 is 0 Å². The predicted octanol–water partition coefficient (Wildman–Crippen LogP) is 2.45. The van der Waals surface area contributed by atoms with E-state index in [1.807, 2.05) is 0 Å². The molecular formula is C12H8FN3O2. The SMILES string of the molecule is Fc1ccccc1Cc1nnc(-c2ccon2)o1. The Morgan fingerprint density at radius 1 is 1.11 bits per heavy atom. The standard InChI is InChI=1S/C12H8FN3O2/c13-9-4-2-1-3-8(9)7-11-14-15-12(18-11)10-5-6-17-16-10/h1-6H,7H2. The van der Waals surface area contributed by atoms with Gasteiger partial charge in [0.1, 0.15) is 12.1 Å². The molecule has 0 amide bonds. The number of hydrogen-bond acceptors (Lipinski definition) is 5. The summed E-state index contributed by atoms with van der Waals surface area (Å²) in [7, 11) is 0. The first-order chi connectivity index (χ1) is 8.83. The van der Waals surface area contributed by atoms with E-state index in [2.05, 4.69) is 19.9 Å². The van der Waals surface area contributed by atoms with Crippen molar-refractivity contribution in [2.75, 3.05) is 0 Å². The summed E-state index contributed by atoms with van der Waals surface area (Å²) in [5, 5.41) is 11.3. The van der Waals surface area contributed by atoms with E-state index < -0.39 is 0 Å². The lowest BCUT2D eigenvalue weighted by Gasteiger charge is -1.97. The van der Waals surface area contributed by atoms with E-state index in [-0.39, 0.29) is 18.1 Å². The van der Waals surface area contributed by atoms with Gasteiger partial charge in [-0.3, -0.25) is 0 Å². The molecule has 1 aromatic carbocycles. The molecule has 3 rings (SSSR count). The summed E-state index contributed by atoms with van der Waals surface area (Å²) in [6.07, 6.45) is 1.66. The lowest BCUT2D eigenvalue weighted by Crippen LogP contribution is -1.92. The Labute approximate surface area is 101 Å². The summed E-state index contributed by atoms with van der Waals surface area (Å²) >= 11 is 0. The first-order valence-corrected chi connectivity index (χ1v) is 5.29. The van der Waals surface area contributed by atoms with E-state index in [9.17, 15) is 4.39 Å². The van der Waals surface area contributed by atoms with Crippen LogP contribution >= 0.6 is 0 Å². The third-order valence-electron chi connectivity index (χ3n) is 2.42. The Morgan fingerprint density at radius 3 is 2.78 bits per heavy atom. The van der Waals surface area contributed by atoms with Gasteiger partial charge in [0.05, 0.1) is 6.42 Å². The van der Waals surface area contributed by atoms with E-state index in [1.165, 1.54) is 12.3 Å². The maximum absolute atomic E-state index is 13.4. The molecule has 0 saturated heterocycles. The molecule has 0 unspecified atom stereocenters. The van der Waals surface area contributed by atoms with Crippen molar-refractivity contribution in [2.45, 2.75) is 6.42 Å². The lowest BCUT2D eigenvalue weighted by atomic mass is 10.1. The fraction of sp³-hybridized carbons (Fsp3) is 0.0833. The highest BCUT2D eigenvalue weighted by Gasteiger charge is 2.12. The van der Waals surface area contributed by atoms with E-state index >= 15 is 0 Å². The monoisotopic (exact) mass is 245 g/mol. The highest BCUT2D eigenvalue weighted by Crippen LogP contribution is 2.17. The van der Waals surface area contributed by atoms with Crippen LogP contribution in [0.25, 0.3) is 11.6 Å². The number of rotatable bonds is 3. The quantitative estimate of drug-likeness (QED) is 0.709. The molecule has 0 aliphatic rings. The van der Waals surface area contributed by atoms with Gasteiger partial charge in [-0.15, -0.1) is 10.2 Å². The Morgan fingerprint density at radius 2 is 2.00 bits per heavy atom. The van der Waals surface area contributed by atoms with E-state index in [0.717, 1.165) is 0 Å². The van der Waals surface area contributed by atoms with E-state index in [4.69, 9.17) is 4.42 Å². The molecule has 18 heavy (non-hydrogen) atoms. The summed E-state index contributed by atoms with van der Waals surface area (Å²) in [5.41, 5.74) is 0.968. The van der Waals surface area contributed by atoms with Crippen LogP contribution in [0.1, 0.15) is 11.5 Å². The Hall–Kier alpha value is -2.50. The molecule has 3 aromatic rings. The Balaban J connectivity index is 1.85. The van der Waals surface area contributed by atoms with Gasteiger partial charge < -0.3 is 8.94 Å². The van der Waals surface area contributed by atoms with Gasteiger partial charge in [-0.25, -0.2) is 4.39 Å². The van der Waals surface area contributed by atoms with Crippen molar-refractivity contribution in [2.24, 2.45) is 0 Å².